The molecule has 170 valence electrons. The molecular formula is C25H24ClN3O3S. The second-order valence-corrected chi connectivity index (χ2v) is 8.62. The van der Waals surface area contributed by atoms with E-state index in [0.717, 1.165) is 45.0 Å². The number of hydrogen-bond donors (Lipinski definition) is 0. The van der Waals surface area contributed by atoms with Gasteiger partial charge in [-0.15, -0.1) is 10.2 Å². The van der Waals surface area contributed by atoms with E-state index in [4.69, 9.17) is 25.8 Å². The van der Waals surface area contributed by atoms with E-state index < -0.39 is 0 Å². The summed E-state index contributed by atoms with van der Waals surface area (Å²) < 4.78 is 18.4. The molecule has 0 fully saturated rings. The van der Waals surface area contributed by atoms with Crippen molar-refractivity contribution in [2.24, 2.45) is 0 Å². The standard InChI is InChI=1S/C25H24ClN3O3S/c1-17-4-7-19(14-23(17)26)29-24(15-32-22-12-10-21(31-3)11-13-22)27-28-25(29)33-16-18-5-8-20(30-2)9-6-18/h4-14H,15-16H2,1-3H3. The fourth-order valence-corrected chi connectivity index (χ4v) is 4.26. The molecule has 4 aromatic rings. The van der Waals surface area contributed by atoms with Crippen molar-refractivity contribution in [3.63, 3.8) is 0 Å². The summed E-state index contributed by atoms with van der Waals surface area (Å²) in [6.07, 6.45) is 0. The van der Waals surface area contributed by atoms with Gasteiger partial charge in [0.1, 0.15) is 23.9 Å². The lowest BCUT2D eigenvalue weighted by Gasteiger charge is -2.12. The highest BCUT2D eigenvalue weighted by Crippen LogP contribution is 2.29. The molecule has 0 atom stereocenters. The molecule has 1 aromatic heterocycles. The summed E-state index contributed by atoms with van der Waals surface area (Å²) in [5.41, 5.74) is 3.06. The third-order valence-corrected chi connectivity index (χ3v) is 6.48. The monoisotopic (exact) mass is 481 g/mol. The number of benzene rings is 3. The Labute approximate surface area is 202 Å². The highest BCUT2D eigenvalue weighted by molar-refractivity contribution is 7.98. The van der Waals surface area contributed by atoms with Crippen molar-refractivity contribution in [3.8, 4) is 22.9 Å². The number of thioether (sulfide) groups is 1. The molecular weight excluding hydrogens is 458 g/mol. The quantitative estimate of drug-likeness (QED) is 0.268. The van der Waals surface area contributed by atoms with Crippen LogP contribution in [0.3, 0.4) is 0 Å². The van der Waals surface area contributed by atoms with Gasteiger partial charge >= 0.3 is 0 Å². The van der Waals surface area contributed by atoms with E-state index in [1.54, 1.807) is 26.0 Å². The number of hydrogen-bond acceptors (Lipinski definition) is 6. The molecule has 0 bridgehead atoms. The molecule has 0 spiro atoms. The van der Waals surface area contributed by atoms with Crippen LogP contribution >= 0.6 is 23.4 Å². The first-order valence-electron chi connectivity index (χ1n) is 10.3. The Bertz CT molecular complexity index is 1140. The minimum Gasteiger partial charge on any atom is -0.497 e. The van der Waals surface area contributed by atoms with E-state index in [1.807, 2.05) is 78.2 Å². The number of aryl methyl sites for hydroxylation is 1. The van der Waals surface area contributed by atoms with Crippen molar-refractivity contribution in [2.75, 3.05) is 14.2 Å². The van der Waals surface area contributed by atoms with Crippen LogP contribution in [-0.2, 0) is 12.4 Å². The molecule has 0 radical (unpaired) electrons. The van der Waals surface area contributed by atoms with Crippen molar-refractivity contribution in [3.05, 3.63) is 88.7 Å². The number of aromatic nitrogens is 3. The van der Waals surface area contributed by atoms with Crippen molar-refractivity contribution >= 4 is 23.4 Å². The number of ether oxygens (including phenoxy) is 3. The van der Waals surface area contributed by atoms with Crippen molar-refractivity contribution < 1.29 is 14.2 Å². The zero-order valence-electron chi connectivity index (χ0n) is 18.6. The van der Waals surface area contributed by atoms with Crippen molar-refractivity contribution in [2.45, 2.75) is 24.4 Å². The molecule has 0 saturated carbocycles. The number of halogens is 1. The third-order valence-electron chi connectivity index (χ3n) is 5.07. The van der Waals surface area contributed by atoms with Crippen LogP contribution in [0.15, 0.2) is 71.9 Å². The Morgan fingerprint density at radius 3 is 2.12 bits per heavy atom. The number of rotatable bonds is 9. The maximum Gasteiger partial charge on any atom is 0.196 e. The smallest absolute Gasteiger partial charge is 0.196 e. The molecule has 33 heavy (non-hydrogen) atoms. The van der Waals surface area contributed by atoms with Gasteiger partial charge in [0.25, 0.3) is 0 Å². The Balaban J connectivity index is 1.58. The van der Waals surface area contributed by atoms with Gasteiger partial charge in [-0.1, -0.05) is 41.6 Å². The maximum absolute atomic E-state index is 6.42. The van der Waals surface area contributed by atoms with Crippen molar-refractivity contribution in [1.82, 2.24) is 14.8 Å². The van der Waals surface area contributed by atoms with Crippen LogP contribution in [-0.4, -0.2) is 29.0 Å². The average Bonchev–Trinajstić information content (AvgIpc) is 3.26. The van der Waals surface area contributed by atoms with Gasteiger partial charge < -0.3 is 14.2 Å². The van der Waals surface area contributed by atoms with Crippen LogP contribution in [0.2, 0.25) is 5.02 Å². The summed E-state index contributed by atoms with van der Waals surface area (Å²) in [5, 5.41) is 10.3. The molecule has 0 aliphatic heterocycles. The zero-order chi connectivity index (χ0) is 23.2. The predicted octanol–water partition coefficient (Wildman–Crippen LogP) is 6.12. The van der Waals surface area contributed by atoms with Gasteiger partial charge in [0.15, 0.2) is 11.0 Å². The summed E-state index contributed by atoms with van der Waals surface area (Å²) >= 11 is 8.02. The first kappa shape index (κ1) is 23.0. The van der Waals surface area contributed by atoms with E-state index >= 15 is 0 Å². The van der Waals surface area contributed by atoms with E-state index in [9.17, 15) is 0 Å². The van der Waals surface area contributed by atoms with E-state index in [2.05, 4.69) is 10.2 Å². The molecule has 0 unspecified atom stereocenters. The minimum atomic E-state index is 0.258. The van der Waals surface area contributed by atoms with Gasteiger partial charge in [-0.2, -0.15) is 0 Å². The van der Waals surface area contributed by atoms with Gasteiger partial charge in [-0.05, 0) is 66.6 Å². The first-order valence-corrected chi connectivity index (χ1v) is 11.7. The number of nitrogens with zero attached hydrogens (tertiary/aromatic N) is 3. The zero-order valence-corrected chi connectivity index (χ0v) is 20.2. The molecule has 0 N–H and O–H groups in total. The lowest BCUT2D eigenvalue weighted by Crippen LogP contribution is -2.07. The molecule has 0 amide bonds. The molecule has 1 heterocycles. The summed E-state index contributed by atoms with van der Waals surface area (Å²) in [5.74, 6) is 3.75. The largest absolute Gasteiger partial charge is 0.497 e. The molecule has 6 nitrogen and oxygen atoms in total. The van der Waals surface area contributed by atoms with Crippen molar-refractivity contribution in [1.29, 1.82) is 0 Å². The average molecular weight is 482 g/mol. The molecule has 8 heteroatoms. The van der Waals surface area contributed by atoms with Crippen LogP contribution in [0, 0.1) is 6.92 Å². The second-order valence-electron chi connectivity index (χ2n) is 7.27. The summed E-state index contributed by atoms with van der Waals surface area (Å²) in [4.78, 5) is 0. The van der Waals surface area contributed by atoms with Crippen LogP contribution in [0.5, 0.6) is 17.2 Å². The van der Waals surface area contributed by atoms with Crippen LogP contribution in [0.25, 0.3) is 5.69 Å². The van der Waals surface area contributed by atoms with E-state index in [-0.39, 0.29) is 6.61 Å². The van der Waals surface area contributed by atoms with Crippen LogP contribution in [0.4, 0.5) is 0 Å². The fourth-order valence-electron chi connectivity index (χ4n) is 3.16. The molecule has 4 rings (SSSR count). The third kappa shape index (κ3) is 5.61. The minimum absolute atomic E-state index is 0.258. The van der Waals surface area contributed by atoms with Gasteiger partial charge in [-0.25, -0.2) is 0 Å². The van der Waals surface area contributed by atoms with Gasteiger partial charge in [-0.3, -0.25) is 4.57 Å². The second kappa shape index (κ2) is 10.6. The maximum atomic E-state index is 6.42. The Kier molecular flexibility index (Phi) is 7.42. The molecule has 0 saturated heterocycles. The fraction of sp³-hybridized carbons (Fsp3) is 0.200. The lowest BCUT2D eigenvalue weighted by atomic mass is 10.2. The SMILES string of the molecule is COc1ccc(CSc2nnc(COc3ccc(OC)cc3)n2-c2ccc(C)c(Cl)c2)cc1. The summed E-state index contributed by atoms with van der Waals surface area (Å²) in [7, 11) is 3.30. The Morgan fingerprint density at radius 1 is 0.848 bits per heavy atom. The van der Waals surface area contributed by atoms with Gasteiger partial charge in [0, 0.05) is 10.8 Å². The van der Waals surface area contributed by atoms with Gasteiger partial charge in [0.2, 0.25) is 0 Å². The summed E-state index contributed by atoms with van der Waals surface area (Å²) in [6.45, 7) is 2.24. The van der Waals surface area contributed by atoms with Gasteiger partial charge in [0.05, 0.1) is 19.9 Å². The molecule has 0 aliphatic carbocycles. The van der Waals surface area contributed by atoms with E-state index in [1.165, 1.54) is 0 Å². The normalized spacial score (nSPS) is 10.8. The first-order chi connectivity index (χ1) is 16.1. The topological polar surface area (TPSA) is 58.4 Å². The highest BCUT2D eigenvalue weighted by atomic mass is 35.5. The Hall–Kier alpha value is -3.16. The van der Waals surface area contributed by atoms with Crippen LogP contribution < -0.4 is 14.2 Å². The summed E-state index contributed by atoms with van der Waals surface area (Å²) in [6, 6.07) is 21.4. The number of methoxy groups -OCH3 is 2. The molecule has 3 aromatic carbocycles. The highest BCUT2D eigenvalue weighted by Gasteiger charge is 2.16. The predicted molar refractivity (Wildman–Crippen MR) is 131 cm³/mol. The lowest BCUT2D eigenvalue weighted by molar-refractivity contribution is 0.292. The van der Waals surface area contributed by atoms with Crippen LogP contribution in [0.1, 0.15) is 17.0 Å². The van der Waals surface area contributed by atoms with E-state index in [0.29, 0.717) is 10.8 Å². The Morgan fingerprint density at radius 2 is 1.48 bits per heavy atom. The molecule has 0 aliphatic rings.